The molecule has 98 valence electrons. The Balaban J connectivity index is 2.51. The Morgan fingerprint density at radius 1 is 1.32 bits per heavy atom. The lowest BCUT2D eigenvalue weighted by atomic mass is 10.1. The van der Waals surface area contributed by atoms with Crippen LogP contribution in [-0.2, 0) is 0 Å². The van der Waals surface area contributed by atoms with E-state index in [-0.39, 0.29) is 5.56 Å². The van der Waals surface area contributed by atoms with Gasteiger partial charge < -0.3 is 5.11 Å². The predicted octanol–water partition coefficient (Wildman–Crippen LogP) is 4.31. The molecule has 0 bridgehead atoms. The van der Waals surface area contributed by atoms with Gasteiger partial charge in [0.05, 0.1) is 5.56 Å². The largest absolute Gasteiger partial charge is 0.478 e. The van der Waals surface area contributed by atoms with Crippen molar-refractivity contribution in [2.45, 2.75) is 23.8 Å². The average molecular weight is 338 g/mol. The number of benzene rings is 1. The van der Waals surface area contributed by atoms with Crippen molar-refractivity contribution in [1.29, 1.82) is 0 Å². The van der Waals surface area contributed by atoms with Crippen LogP contribution in [0.3, 0.4) is 0 Å². The zero-order chi connectivity index (χ0) is 14.0. The standard InChI is InChI=1S/C14H12BrNO2S/c1-8-7-9(2)16-13(12(8)14(17)18)19-11-6-4-3-5-10(11)15/h3-7H,1-2H3,(H,17,18). The maximum Gasteiger partial charge on any atom is 0.338 e. The number of hydrogen-bond acceptors (Lipinski definition) is 3. The lowest BCUT2D eigenvalue weighted by molar-refractivity contribution is 0.0691. The first-order valence-electron chi connectivity index (χ1n) is 5.63. The normalized spacial score (nSPS) is 10.5. The lowest BCUT2D eigenvalue weighted by Crippen LogP contribution is -2.05. The Kier molecular flexibility index (Phi) is 4.27. The van der Waals surface area contributed by atoms with Crippen LogP contribution in [0.1, 0.15) is 21.6 Å². The van der Waals surface area contributed by atoms with E-state index in [0.717, 1.165) is 20.6 Å². The minimum atomic E-state index is -0.945. The highest BCUT2D eigenvalue weighted by Crippen LogP contribution is 2.35. The first kappa shape index (κ1) is 14.1. The number of rotatable bonds is 3. The minimum Gasteiger partial charge on any atom is -0.478 e. The van der Waals surface area contributed by atoms with E-state index in [2.05, 4.69) is 20.9 Å². The molecule has 0 spiro atoms. The molecule has 3 nitrogen and oxygen atoms in total. The van der Waals surface area contributed by atoms with Gasteiger partial charge >= 0.3 is 5.97 Å². The summed E-state index contributed by atoms with van der Waals surface area (Å²) >= 11 is 4.82. The molecule has 0 atom stereocenters. The molecule has 1 aromatic heterocycles. The van der Waals surface area contributed by atoms with Crippen LogP contribution in [0, 0.1) is 13.8 Å². The van der Waals surface area contributed by atoms with Crippen LogP contribution in [0.2, 0.25) is 0 Å². The van der Waals surface area contributed by atoms with Crippen LogP contribution in [-0.4, -0.2) is 16.1 Å². The molecule has 1 aromatic carbocycles. The van der Waals surface area contributed by atoms with Crippen LogP contribution in [0.4, 0.5) is 0 Å². The van der Waals surface area contributed by atoms with E-state index in [4.69, 9.17) is 0 Å². The topological polar surface area (TPSA) is 50.2 Å². The number of nitrogens with zero attached hydrogens (tertiary/aromatic N) is 1. The smallest absolute Gasteiger partial charge is 0.338 e. The molecule has 0 saturated heterocycles. The second-order valence-electron chi connectivity index (χ2n) is 4.10. The number of carboxylic acids is 1. The third kappa shape index (κ3) is 3.16. The molecular formula is C14H12BrNO2S. The predicted molar refractivity (Wildman–Crippen MR) is 78.9 cm³/mol. The van der Waals surface area contributed by atoms with Gasteiger partial charge in [0, 0.05) is 15.1 Å². The first-order chi connectivity index (χ1) is 8.99. The second kappa shape index (κ2) is 5.75. The molecule has 2 aromatic rings. The highest BCUT2D eigenvalue weighted by atomic mass is 79.9. The van der Waals surface area contributed by atoms with Gasteiger partial charge in [-0.3, -0.25) is 0 Å². The van der Waals surface area contributed by atoms with Gasteiger partial charge in [-0.1, -0.05) is 23.9 Å². The van der Waals surface area contributed by atoms with Crippen molar-refractivity contribution in [1.82, 2.24) is 4.98 Å². The van der Waals surface area contributed by atoms with Crippen LogP contribution < -0.4 is 0 Å². The Hall–Kier alpha value is -1.33. The highest BCUT2D eigenvalue weighted by molar-refractivity contribution is 9.10. The van der Waals surface area contributed by atoms with Crippen LogP contribution in [0.15, 0.2) is 44.7 Å². The van der Waals surface area contributed by atoms with E-state index in [1.54, 1.807) is 13.0 Å². The number of carboxylic acid groups (broad SMARTS) is 1. The molecule has 0 amide bonds. The van der Waals surface area contributed by atoms with Crippen LogP contribution >= 0.6 is 27.7 Å². The Morgan fingerprint density at radius 3 is 2.63 bits per heavy atom. The highest BCUT2D eigenvalue weighted by Gasteiger charge is 2.17. The van der Waals surface area contributed by atoms with Crippen molar-refractivity contribution in [3.05, 3.63) is 51.6 Å². The average Bonchev–Trinajstić information content (AvgIpc) is 2.30. The summed E-state index contributed by atoms with van der Waals surface area (Å²) in [6, 6.07) is 9.47. The van der Waals surface area contributed by atoms with Gasteiger partial charge in [0.2, 0.25) is 0 Å². The maximum atomic E-state index is 11.4. The first-order valence-corrected chi connectivity index (χ1v) is 7.24. The number of pyridine rings is 1. The van der Waals surface area contributed by atoms with Crippen LogP contribution in [0.25, 0.3) is 0 Å². The zero-order valence-corrected chi connectivity index (χ0v) is 12.9. The van der Waals surface area contributed by atoms with E-state index < -0.39 is 5.97 Å². The van der Waals surface area contributed by atoms with E-state index in [1.807, 2.05) is 31.2 Å². The third-order valence-electron chi connectivity index (χ3n) is 2.57. The maximum absolute atomic E-state index is 11.4. The molecule has 2 rings (SSSR count). The number of halogens is 1. The van der Waals surface area contributed by atoms with Crippen molar-refractivity contribution < 1.29 is 9.90 Å². The van der Waals surface area contributed by atoms with Crippen LogP contribution in [0.5, 0.6) is 0 Å². The Morgan fingerprint density at radius 2 is 2.00 bits per heavy atom. The minimum absolute atomic E-state index is 0.270. The number of aryl methyl sites for hydroxylation is 2. The van der Waals surface area contributed by atoms with Gasteiger partial charge in [0.15, 0.2) is 0 Å². The molecule has 19 heavy (non-hydrogen) atoms. The summed E-state index contributed by atoms with van der Waals surface area (Å²) in [6.07, 6.45) is 0. The molecule has 0 unspecified atom stereocenters. The monoisotopic (exact) mass is 337 g/mol. The zero-order valence-electron chi connectivity index (χ0n) is 10.5. The number of aromatic carboxylic acids is 1. The summed E-state index contributed by atoms with van der Waals surface area (Å²) in [7, 11) is 0. The molecule has 1 heterocycles. The van der Waals surface area contributed by atoms with Crippen molar-refractivity contribution in [2.24, 2.45) is 0 Å². The van der Waals surface area contributed by atoms with Crippen molar-refractivity contribution >= 4 is 33.7 Å². The molecule has 0 fully saturated rings. The summed E-state index contributed by atoms with van der Waals surface area (Å²) in [4.78, 5) is 16.7. The van der Waals surface area contributed by atoms with E-state index in [9.17, 15) is 9.90 Å². The second-order valence-corrected chi connectivity index (χ2v) is 5.98. The SMILES string of the molecule is Cc1cc(C)c(C(=O)O)c(Sc2ccccc2Br)n1. The van der Waals surface area contributed by atoms with Gasteiger partial charge in [-0.05, 0) is 53.5 Å². The fraction of sp³-hybridized carbons (Fsp3) is 0.143. The van der Waals surface area contributed by atoms with Gasteiger partial charge in [-0.2, -0.15) is 0 Å². The van der Waals surface area contributed by atoms with E-state index >= 15 is 0 Å². The molecule has 1 N–H and O–H groups in total. The molecule has 0 aliphatic carbocycles. The van der Waals surface area contributed by atoms with Gasteiger partial charge in [-0.25, -0.2) is 9.78 Å². The van der Waals surface area contributed by atoms with Crippen molar-refractivity contribution in [3.63, 3.8) is 0 Å². The number of carbonyl (C=O) groups is 1. The van der Waals surface area contributed by atoms with E-state index in [0.29, 0.717) is 5.03 Å². The summed E-state index contributed by atoms with van der Waals surface area (Å²) in [5.41, 5.74) is 1.82. The number of aromatic nitrogens is 1. The van der Waals surface area contributed by atoms with Gasteiger partial charge in [0.25, 0.3) is 0 Å². The molecule has 0 aliphatic rings. The van der Waals surface area contributed by atoms with Crippen molar-refractivity contribution in [3.8, 4) is 0 Å². The van der Waals surface area contributed by atoms with Gasteiger partial charge in [0.1, 0.15) is 5.03 Å². The number of hydrogen-bond donors (Lipinski definition) is 1. The molecular weight excluding hydrogens is 326 g/mol. The summed E-state index contributed by atoms with van der Waals surface area (Å²) in [6.45, 7) is 3.66. The Labute approximate surface area is 124 Å². The fourth-order valence-corrected chi connectivity index (χ4v) is 3.36. The third-order valence-corrected chi connectivity index (χ3v) is 4.59. The molecule has 0 radical (unpaired) electrons. The molecule has 0 saturated carbocycles. The molecule has 0 aliphatic heterocycles. The lowest BCUT2D eigenvalue weighted by Gasteiger charge is -2.10. The summed E-state index contributed by atoms with van der Waals surface area (Å²) in [5.74, 6) is -0.945. The van der Waals surface area contributed by atoms with E-state index in [1.165, 1.54) is 11.8 Å². The molecule has 5 heteroatoms. The summed E-state index contributed by atoms with van der Waals surface area (Å²) in [5, 5.41) is 9.84. The van der Waals surface area contributed by atoms with Crippen molar-refractivity contribution in [2.75, 3.05) is 0 Å². The fourth-order valence-electron chi connectivity index (χ4n) is 1.77. The quantitative estimate of drug-likeness (QED) is 0.906. The van der Waals surface area contributed by atoms with Gasteiger partial charge in [-0.15, -0.1) is 0 Å². The Bertz CT molecular complexity index is 643. The summed E-state index contributed by atoms with van der Waals surface area (Å²) < 4.78 is 0.928.